The summed E-state index contributed by atoms with van der Waals surface area (Å²) in [5, 5.41) is 3.99. The molecule has 7 nitrogen and oxygen atoms in total. The molecule has 140 valence electrons. The van der Waals surface area contributed by atoms with Crippen molar-refractivity contribution in [1.82, 2.24) is 15.0 Å². The maximum Gasteiger partial charge on any atom is 0.175 e. The van der Waals surface area contributed by atoms with Gasteiger partial charge in [-0.05, 0) is 36.8 Å². The fourth-order valence-corrected chi connectivity index (χ4v) is 3.90. The summed E-state index contributed by atoms with van der Waals surface area (Å²) in [6.45, 7) is 1.24. The number of nitrogens with zero attached hydrogens (tertiary/aromatic N) is 4. The average Bonchev–Trinajstić information content (AvgIpc) is 3.09. The van der Waals surface area contributed by atoms with E-state index in [-0.39, 0.29) is 16.8 Å². The molecular formula is C18H18FN5O2S. The van der Waals surface area contributed by atoms with Crippen molar-refractivity contribution >= 4 is 32.4 Å². The van der Waals surface area contributed by atoms with Crippen molar-refractivity contribution < 1.29 is 12.8 Å². The van der Waals surface area contributed by atoms with Gasteiger partial charge in [-0.3, -0.25) is 0 Å². The fourth-order valence-electron chi connectivity index (χ4n) is 3.26. The van der Waals surface area contributed by atoms with Crippen LogP contribution in [-0.4, -0.2) is 48.8 Å². The summed E-state index contributed by atoms with van der Waals surface area (Å²) in [6.07, 6.45) is 4.97. The van der Waals surface area contributed by atoms with Crippen LogP contribution < -0.4 is 10.2 Å². The minimum Gasteiger partial charge on any atom is -0.365 e. The van der Waals surface area contributed by atoms with Gasteiger partial charge in [-0.2, -0.15) is 0 Å². The molecule has 27 heavy (non-hydrogen) atoms. The van der Waals surface area contributed by atoms with Gasteiger partial charge in [0.2, 0.25) is 0 Å². The van der Waals surface area contributed by atoms with Gasteiger partial charge in [-0.25, -0.2) is 27.8 Å². The monoisotopic (exact) mass is 387 g/mol. The molecule has 0 bridgehead atoms. The Labute approximate surface area is 156 Å². The van der Waals surface area contributed by atoms with E-state index < -0.39 is 9.84 Å². The summed E-state index contributed by atoms with van der Waals surface area (Å²) >= 11 is 0. The van der Waals surface area contributed by atoms with Gasteiger partial charge < -0.3 is 10.2 Å². The van der Waals surface area contributed by atoms with Gasteiger partial charge in [0.15, 0.2) is 21.5 Å². The van der Waals surface area contributed by atoms with Crippen LogP contribution in [0.1, 0.15) is 6.42 Å². The van der Waals surface area contributed by atoms with Crippen LogP contribution in [0.4, 0.5) is 16.0 Å². The summed E-state index contributed by atoms with van der Waals surface area (Å²) in [5.41, 5.74) is 0.658. The van der Waals surface area contributed by atoms with E-state index in [1.165, 1.54) is 24.7 Å². The minimum absolute atomic E-state index is 0.0337. The predicted molar refractivity (Wildman–Crippen MR) is 101 cm³/mol. The Morgan fingerprint density at radius 2 is 2.07 bits per heavy atom. The smallest absolute Gasteiger partial charge is 0.175 e. The Morgan fingerprint density at radius 3 is 2.85 bits per heavy atom. The lowest BCUT2D eigenvalue weighted by Crippen LogP contribution is -2.27. The third kappa shape index (κ3) is 3.55. The number of rotatable bonds is 4. The molecule has 0 spiro atoms. The number of pyridine rings is 1. The Bertz CT molecular complexity index is 1110. The molecule has 1 aliphatic heterocycles. The Hall–Kier alpha value is -2.81. The lowest BCUT2D eigenvalue weighted by atomic mass is 10.2. The van der Waals surface area contributed by atoms with Crippen LogP contribution in [0.3, 0.4) is 0 Å². The Kier molecular flexibility index (Phi) is 4.39. The summed E-state index contributed by atoms with van der Waals surface area (Å²) in [6, 6.07) is 7.78. The van der Waals surface area contributed by atoms with Gasteiger partial charge >= 0.3 is 0 Å². The molecule has 1 saturated heterocycles. The Balaban J connectivity index is 1.60. The second kappa shape index (κ2) is 6.73. The van der Waals surface area contributed by atoms with Gasteiger partial charge in [-0.15, -0.1) is 0 Å². The first-order valence-electron chi connectivity index (χ1n) is 8.48. The average molecular weight is 387 g/mol. The van der Waals surface area contributed by atoms with Crippen LogP contribution in [0.25, 0.3) is 10.9 Å². The number of fused-ring (bicyclic) bond motifs is 1. The summed E-state index contributed by atoms with van der Waals surface area (Å²) in [5.74, 6) is 0.566. The van der Waals surface area contributed by atoms with Crippen LogP contribution in [0.2, 0.25) is 0 Å². The van der Waals surface area contributed by atoms with Gasteiger partial charge in [0, 0.05) is 37.0 Å². The van der Waals surface area contributed by atoms with Crippen molar-refractivity contribution in [2.45, 2.75) is 17.4 Å². The van der Waals surface area contributed by atoms with E-state index in [9.17, 15) is 12.8 Å². The SMILES string of the molecule is CS(=O)(=O)c1ccc2ncnc(NC3CCN(c4ncccc4F)C3)c2c1. The third-order valence-electron chi connectivity index (χ3n) is 4.60. The standard InChI is InChI=1S/C18H18FN5O2S/c1-27(25,26)13-4-5-16-14(9-13)17(22-11-21-16)23-12-6-8-24(10-12)18-15(19)3-2-7-20-18/h2-5,7,9,11-12H,6,8,10H2,1H3,(H,21,22,23). The van der Waals surface area contributed by atoms with Crippen molar-refractivity contribution in [1.29, 1.82) is 0 Å². The number of anilines is 2. The molecule has 0 radical (unpaired) electrons. The number of halogens is 1. The van der Waals surface area contributed by atoms with Crippen LogP contribution in [-0.2, 0) is 9.84 Å². The molecule has 1 aromatic carbocycles. The number of nitrogens with one attached hydrogen (secondary N) is 1. The van der Waals surface area contributed by atoms with Crippen LogP contribution in [0, 0.1) is 5.82 Å². The normalized spacial score (nSPS) is 17.4. The maximum atomic E-state index is 14.0. The minimum atomic E-state index is -3.33. The molecule has 1 N–H and O–H groups in total. The molecule has 1 atom stereocenters. The van der Waals surface area contributed by atoms with E-state index in [0.717, 1.165) is 6.42 Å². The second-order valence-corrected chi connectivity index (χ2v) is 8.57. The van der Waals surface area contributed by atoms with E-state index in [1.807, 2.05) is 4.90 Å². The van der Waals surface area contributed by atoms with Gasteiger partial charge in [0.25, 0.3) is 0 Å². The number of aromatic nitrogens is 3. The molecule has 4 rings (SSSR count). The zero-order valence-electron chi connectivity index (χ0n) is 14.6. The van der Waals surface area contributed by atoms with Gasteiger partial charge in [0.05, 0.1) is 10.4 Å². The van der Waals surface area contributed by atoms with Crippen molar-refractivity contribution in [2.75, 3.05) is 29.6 Å². The van der Waals surface area contributed by atoms with E-state index in [2.05, 4.69) is 20.3 Å². The number of hydrogen-bond acceptors (Lipinski definition) is 7. The lowest BCUT2D eigenvalue weighted by molar-refractivity contribution is 0.602. The molecule has 0 amide bonds. The highest BCUT2D eigenvalue weighted by molar-refractivity contribution is 7.90. The van der Waals surface area contributed by atoms with Crippen molar-refractivity contribution in [3.63, 3.8) is 0 Å². The van der Waals surface area contributed by atoms with E-state index in [4.69, 9.17) is 0 Å². The van der Waals surface area contributed by atoms with Gasteiger partial charge in [0.1, 0.15) is 12.1 Å². The third-order valence-corrected chi connectivity index (χ3v) is 5.71. The highest BCUT2D eigenvalue weighted by Crippen LogP contribution is 2.26. The maximum absolute atomic E-state index is 14.0. The molecule has 3 aromatic rings. The molecular weight excluding hydrogens is 369 g/mol. The summed E-state index contributed by atoms with van der Waals surface area (Å²) < 4.78 is 37.7. The van der Waals surface area contributed by atoms with E-state index in [1.54, 1.807) is 24.4 Å². The molecule has 2 aromatic heterocycles. The number of benzene rings is 1. The van der Waals surface area contributed by atoms with Gasteiger partial charge in [-0.1, -0.05) is 0 Å². The number of hydrogen-bond donors (Lipinski definition) is 1. The zero-order valence-corrected chi connectivity index (χ0v) is 15.4. The first-order valence-corrected chi connectivity index (χ1v) is 10.4. The molecule has 0 saturated carbocycles. The van der Waals surface area contributed by atoms with Crippen LogP contribution in [0.15, 0.2) is 47.8 Å². The molecule has 3 heterocycles. The van der Waals surface area contributed by atoms with Crippen LogP contribution in [0.5, 0.6) is 0 Å². The zero-order chi connectivity index (χ0) is 19.0. The van der Waals surface area contributed by atoms with Crippen molar-refractivity contribution in [3.05, 3.63) is 48.7 Å². The van der Waals surface area contributed by atoms with Crippen molar-refractivity contribution in [2.24, 2.45) is 0 Å². The topological polar surface area (TPSA) is 88.1 Å². The summed E-state index contributed by atoms with van der Waals surface area (Å²) in [4.78, 5) is 14.7. The highest BCUT2D eigenvalue weighted by atomic mass is 32.2. The predicted octanol–water partition coefficient (Wildman–Crippen LogP) is 2.26. The van der Waals surface area contributed by atoms with E-state index >= 15 is 0 Å². The molecule has 1 fully saturated rings. The number of sulfone groups is 1. The Morgan fingerprint density at radius 1 is 1.22 bits per heavy atom. The molecule has 9 heteroatoms. The quantitative estimate of drug-likeness (QED) is 0.735. The van der Waals surface area contributed by atoms with E-state index in [0.29, 0.717) is 35.6 Å². The first-order chi connectivity index (χ1) is 12.9. The largest absolute Gasteiger partial charge is 0.365 e. The molecule has 1 aliphatic rings. The fraction of sp³-hybridized carbons (Fsp3) is 0.278. The van der Waals surface area contributed by atoms with Crippen LogP contribution >= 0.6 is 0 Å². The lowest BCUT2D eigenvalue weighted by Gasteiger charge is -2.19. The molecule has 1 unspecified atom stereocenters. The first kappa shape index (κ1) is 17.6. The highest BCUT2D eigenvalue weighted by Gasteiger charge is 2.26. The second-order valence-electron chi connectivity index (χ2n) is 6.56. The summed E-state index contributed by atoms with van der Waals surface area (Å²) in [7, 11) is -3.33. The van der Waals surface area contributed by atoms with Crippen molar-refractivity contribution in [3.8, 4) is 0 Å². The molecule has 0 aliphatic carbocycles.